The van der Waals surface area contributed by atoms with E-state index in [0.717, 1.165) is 31.8 Å². The van der Waals surface area contributed by atoms with Crippen molar-refractivity contribution in [2.45, 2.75) is 44.8 Å². The minimum atomic E-state index is -3.55. The number of nitrogens with one attached hydrogen (secondary N) is 1. The highest BCUT2D eigenvalue weighted by molar-refractivity contribution is 7.89. The first-order chi connectivity index (χ1) is 10.9. The summed E-state index contributed by atoms with van der Waals surface area (Å²) in [6, 6.07) is 0. The van der Waals surface area contributed by atoms with Crippen molar-refractivity contribution in [2.75, 3.05) is 6.54 Å². The van der Waals surface area contributed by atoms with Crippen molar-refractivity contribution in [1.29, 1.82) is 0 Å². The van der Waals surface area contributed by atoms with Crippen LogP contribution in [-0.2, 0) is 29.5 Å². The van der Waals surface area contributed by atoms with E-state index in [2.05, 4.69) is 33.1 Å². The number of imidazole rings is 2. The maximum absolute atomic E-state index is 12.4. The Morgan fingerprint density at radius 3 is 3.00 bits per heavy atom. The van der Waals surface area contributed by atoms with Gasteiger partial charge in [-0.25, -0.2) is 23.1 Å². The number of fused-ring (bicyclic) bond motifs is 1. The number of hydrogen-bond donors (Lipinski definition) is 1. The zero-order chi connectivity index (χ0) is 16.4. The van der Waals surface area contributed by atoms with Gasteiger partial charge in [0, 0.05) is 44.6 Å². The van der Waals surface area contributed by atoms with Crippen LogP contribution in [0.1, 0.15) is 26.1 Å². The van der Waals surface area contributed by atoms with Gasteiger partial charge >= 0.3 is 0 Å². The molecule has 0 saturated carbocycles. The average molecular weight is 337 g/mol. The van der Waals surface area contributed by atoms with Crippen LogP contribution in [0.3, 0.4) is 0 Å². The Bertz CT molecular complexity index is 762. The lowest BCUT2D eigenvalue weighted by Gasteiger charge is -2.23. The van der Waals surface area contributed by atoms with E-state index in [1.807, 2.05) is 10.8 Å². The molecule has 0 aliphatic carbocycles. The summed E-state index contributed by atoms with van der Waals surface area (Å²) in [5.41, 5.74) is 0. The summed E-state index contributed by atoms with van der Waals surface area (Å²) in [6.45, 7) is 6.24. The number of rotatable bonds is 6. The predicted octanol–water partition coefficient (Wildman–Crippen LogP) is 1.28. The Hall–Kier alpha value is -1.67. The van der Waals surface area contributed by atoms with E-state index < -0.39 is 10.0 Å². The Kier molecular flexibility index (Phi) is 4.54. The summed E-state index contributed by atoms with van der Waals surface area (Å²) in [6.07, 6.45) is 8.69. The summed E-state index contributed by atoms with van der Waals surface area (Å²) in [4.78, 5) is 8.34. The highest BCUT2D eigenvalue weighted by atomic mass is 32.2. The van der Waals surface area contributed by atoms with Crippen LogP contribution >= 0.6 is 0 Å². The second-order valence-electron chi connectivity index (χ2n) is 6.55. The topological polar surface area (TPSA) is 81.8 Å². The summed E-state index contributed by atoms with van der Waals surface area (Å²) >= 11 is 0. The fraction of sp³-hybridized carbons (Fsp3) is 0.600. The first-order valence-corrected chi connectivity index (χ1v) is 9.44. The zero-order valence-electron chi connectivity index (χ0n) is 13.5. The van der Waals surface area contributed by atoms with Crippen LogP contribution in [0.2, 0.25) is 0 Å². The molecule has 126 valence electrons. The minimum Gasteiger partial charge on any atom is -0.336 e. The minimum absolute atomic E-state index is 0.0930. The molecule has 3 rings (SSSR count). The molecule has 2 aromatic rings. The van der Waals surface area contributed by atoms with Gasteiger partial charge in [-0.3, -0.25) is 0 Å². The van der Waals surface area contributed by atoms with E-state index in [-0.39, 0.29) is 10.9 Å². The molecule has 0 spiro atoms. The second-order valence-corrected chi connectivity index (χ2v) is 8.26. The van der Waals surface area contributed by atoms with Crippen LogP contribution in [0.25, 0.3) is 0 Å². The molecule has 0 saturated heterocycles. The van der Waals surface area contributed by atoms with E-state index in [1.54, 1.807) is 18.7 Å². The van der Waals surface area contributed by atoms with Crippen molar-refractivity contribution < 1.29 is 8.42 Å². The summed E-state index contributed by atoms with van der Waals surface area (Å²) in [5, 5.41) is 0.0930. The molecule has 2 aromatic heterocycles. The molecule has 0 amide bonds. The second kappa shape index (κ2) is 6.45. The molecule has 0 bridgehead atoms. The molecule has 1 aliphatic rings. The SMILES string of the molecule is CC(C)Cn1cnc(S(=O)(=O)NCC2CCn3ccnc3C2)c1. The van der Waals surface area contributed by atoms with E-state index in [9.17, 15) is 8.42 Å². The number of aryl methyl sites for hydroxylation is 1. The van der Waals surface area contributed by atoms with Gasteiger partial charge in [0.1, 0.15) is 5.82 Å². The van der Waals surface area contributed by atoms with Crippen LogP contribution in [0.4, 0.5) is 0 Å². The van der Waals surface area contributed by atoms with E-state index in [4.69, 9.17) is 0 Å². The lowest BCUT2D eigenvalue weighted by Crippen LogP contribution is -2.33. The van der Waals surface area contributed by atoms with Crippen LogP contribution in [0.15, 0.2) is 29.9 Å². The molecule has 3 heterocycles. The van der Waals surface area contributed by atoms with E-state index in [0.29, 0.717) is 12.5 Å². The summed E-state index contributed by atoms with van der Waals surface area (Å²) in [5.74, 6) is 1.75. The third kappa shape index (κ3) is 3.81. The Morgan fingerprint density at radius 1 is 1.39 bits per heavy atom. The number of nitrogens with zero attached hydrogens (tertiary/aromatic N) is 4. The van der Waals surface area contributed by atoms with Gasteiger partial charge in [-0.2, -0.15) is 0 Å². The van der Waals surface area contributed by atoms with Gasteiger partial charge < -0.3 is 9.13 Å². The van der Waals surface area contributed by atoms with Gasteiger partial charge in [0.2, 0.25) is 0 Å². The third-order valence-corrected chi connectivity index (χ3v) is 5.38. The van der Waals surface area contributed by atoms with Crippen molar-refractivity contribution in [3.8, 4) is 0 Å². The van der Waals surface area contributed by atoms with Gasteiger partial charge in [0.25, 0.3) is 10.0 Å². The van der Waals surface area contributed by atoms with Gasteiger partial charge in [-0.1, -0.05) is 13.8 Å². The van der Waals surface area contributed by atoms with Crippen molar-refractivity contribution >= 4 is 10.0 Å². The molecule has 8 heteroatoms. The molecule has 0 fully saturated rings. The first-order valence-electron chi connectivity index (χ1n) is 7.95. The fourth-order valence-corrected chi connectivity index (χ4v) is 3.95. The smallest absolute Gasteiger partial charge is 0.259 e. The molecular weight excluding hydrogens is 314 g/mol. The van der Waals surface area contributed by atoms with Crippen molar-refractivity contribution in [3.63, 3.8) is 0 Å². The lowest BCUT2D eigenvalue weighted by atomic mass is 9.98. The monoisotopic (exact) mass is 337 g/mol. The number of sulfonamides is 1. The molecule has 1 aliphatic heterocycles. The molecule has 1 unspecified atom stereocenters. The maximum Gasteiger partial charge on any atom is 0.259 e. The molecule has 0 aromatic carbocycles. The number of aromatic nitrogens is 4. The van der Waals surface area contributed by atoms with Gasteiger partial charge in [0.15, 0.2) is 5.03 Å². The lowest BCUT2D eigenvalue weighted by molar-refractivity contribution is 0.379. The predicted molar refractivity (Wildman–Crippen MR) is 86.3 cm³/mol. The Balaban J connectivity index is 1.60. The Labute approximate surface area is 136 Å². The first kappa shape index (κ1) is 16.2. The van der Waals surface area contributed by atoms with E-state index in [1.165, 1.54) is 0 Å². The van der Waals surface area contributed by atoms with Gasteiger partial charge in [-0.15, -0.1) is 0 Å². The maximum atomic E-state index is 12.4. The average Bonchev–Trinajstić information content (AvgIpc) is 3.13. The zero-order valence-corrected chi connectivity index (χ0v) is 14.3. The Morgan fingerprint density at radius 2 is 2.22 bits per heavy atom. The molecule has 23 heavy (non-hydrogen) atoms. The highest BCUT2D eigenvalue weighted by Crippen LogP contribution is 2.19. The van der Waals surface area contributed by atoms with Gasteiger partial charge in [-0.05, 0) is 18.3 Å². The van der Waals surface area contributed by atoms with Crippen LogP contribution < -0.4 is 4.72 Å². The molecule has 1 atom stereocenters. The summed E-state index contributed by atoms with van der Waals surface area (Å²) < 4.78 is 31.4. The number of hydrogen-bond acceptors (Lipinski definition) is 4. The largest absolute Gasteiger partial charge is 0.336 e. The van der Waals surface area contributed by atoms with E-state index >= 15 is 0 Å². The standard InChI is InChI=1S/C15H23N5O2S/c1-12(2)9-19-10-15(17-11-19)23(21,22)18-8-13-3-5-20-6-4-16-14(20)7-13/h4,6,10-13,18H,3,5,7-9H2,1-2H3. The third-order valence-electron chi connectivity index (χ3n) is 4.07. The van der Waals surface area contributed by atoms with Crippen molar-refractivity contribution in [3.05, 3.63) is 30.7 Å². The molecule has 1 N–H and O–H groups in total. The van der Waals surface area contributed by atoms with Crippen molar-refractivity contribution in [2.24, 2.45) is 11.8 Å². The van der Waals surface area contributed by atoms with Crippen molar-refractivity contribution in [1.82, 2.24) is 23.8 Å². The fourth-order valence-electron chi connectivity index (χ4n) is 2.89. The van der Waals surface area contributed by atoms with Crippen LogP contribution in [0.5, 0.6) is 0 Å². The molecular formula is C15H23N5O2S. The molecule has 0 radical (unpaired) electrons. The normalized spacial score (nSPS) is 18.3. The highest BCUT2D eigenvalue weighted by Gasteiger charge is 2.23. The van der Waals surface area contributed by atoms with Gasteiger partial charge in [0.05, 0.1) is 6.33 Å². The van der Waals surface area contributed by atoms with Crippen LogP contribution in [0, 0.1) is 11.8 Å². The van der Waals surface area contributed by atoms with Crippen LogP contribution in [-0.4, -0.2) is 34.1 Å². The quantitative estimate of drug-likeness (QED) is 0.861. The molecule has 7 nitrogen and oxygen atoms in total. The summed E-state index contributed by atoms with van der Waals surface area (Å²) in [7, 11) is -3.55.